The third-order valence-electron chi connectivity index (χ3n) is 5.03. The molecule has 164 valence electrons. The van der Waals surface area contributed by atoms with Gasteiger partial charge >= 0.3 is 0 Å². The highest BCUT2D eigenvalue weighted by molar-refractivity contribution is 6.02. The Morgan fingerprint density at radius 3 is 2.61 bits per heavy atom. The molecule has 3 aromatic heterocycles. The quantitative estimate of drug-likeness (QED) is 0.389. The van der Waals surface area contributed by atoms with E-state index in [9.17, 15) is 4.79 Å². The van der Waals surface area contributed by atoms with Crippen molar-refractivity contribution in [2.24, 2.45) is 0 Å². The van der Waals surface area contributed by atoms with Crippen molar-refractivity contribution in [1.82, 2.24) is 14.5 Å². The van der Waals surface area contributed by atoms with Gasteiger partial charge in [0, 0.05) is 0 Å². The Labute approximate surface area is 189 Å². The van der Waals surface area contributed by atoms with E-state index >= 15 is 0 Å². The molecule has 0 aliphatic heterocycles. The molecular weight excluding hydrogens is 420 g/mol. The Bertz CT molecular complexity index is 1410. The van der Waals surface area contributed by atoms with Crippen molar-refractivity contribution in [2.45, 2.75) is 6.61 Å². The first kappa shape index (κ1) is 20.3. The maximum absolute atomic E-state index is 12.6. The van der Waals surface area contributed by atoms with Crippen LogP contribution in [0.15, 0.2) is 89.7 Å². The highest BCUT2D eigenvalue weighted by Crippen LogP contribution is 2.27. The van der Waals surface area contributed by atoms with Crippen molar-refractivity contribution in [3.8, 4) is 17.3 Å². The van der Waals surface area contributed by atoms with E-state index < -0.39 is 0 Å². The normalized spacial score (nSPS) is 10.8. The lowest BCUT2D eigenvalue weighted by atomic mass is 10.3. The summed E-state index contributed by atoms with van der Waals surface area (Å²) in [5.74, 6) is 2.25. The van der Waals surface area contributed by atoms with Crippen LogP contribution in [-0.4, -0.2) is 27.6 Å². The van der Waals surface area contributed by atoms with Crippen LogP contribution < -0.4 is 14.8 Å². The molecule has 5 rings (SSSR count). The molecule has 5 aromatic rings. The summed E-state index contributed by atoms with van der Waals surface area (Å²) in [6.07, 6.45) is 3.32. The van der Waals surface area contributed by atoms with Crippen molar-refractivity contribution in [2.75, 3.05) is 12.4 Å². The predicted octanol–water partition coefficient (Wildman–Crippen LogP) is 4.85. The van der Waals surface area contributed by atoms with Crippen LogP contribution >= 0.6 is 0 Å². The van der Waals surface area contributed by atoms with Gasteiger partial charge in [0.05, 0.1) is 30.0 Å². The Hall–Kier alpha value is -4.59. The number of nitrogens with zero attached hydrogens (tertiary/aromatic N) is 3. The molecule has 33 heavy (non-hydrogen) atoms. The number of ether oxygens (including phenoxy) is 2. The minimum Gasteiger partial charge on any atom is -0.493 e. The van der Waals surface area contributed by atoms with Gasteiger partial charge in [-0.05, 0) is 48.5 Å². The lowest BCUT2D eigenvalue weighted by Gasteiger charge is -2.08. The second kappa shape index (κ2) is 8.88. The van der Waals surface area contributed by atoms with E-state index in [1.54, 1.807) is 43.9 Å². The van der Waals surface area contributed by atoms with Gasteiger partial charge in [0.1, 0.15) is 24.5 Å². The largest absolute Gasteiger partial charge is 0.493 e. The molecule has 0 radical (unpaired) electrons. The molecule has 0 atom stereocenters. The number of carbonyl (C=O) groups excluding carboxylic acids is 1. The molecule has 0 aliphatic carbocycles. The summed E-state index contributed by atoms with van der Waals surface area (Å²) >= 11 is 0. The molecular formula is C25H20N4O4. The minimum atomic E-state index is -0.374. The Morgan fingerprint density at radius 2 is 1.79 bits per heavy atom. The van der Waals surface area contributed by atoms with Crippen LogP contribution in [0.4, 0.5) is 5.69 Å². The summed E-state index contributed by atoms with van der Waals surface area (Å²) < 4.78 is 18.5. The van der Waals surface area contributed by atoms with Crippen LogP contribution in [0, 0.1) is 0 Å². The van der Waals surface area contributed by atoms with Gasteiger partial charge in [-0.25, -0.2) is 9.97 Å². The Balaban J connectivity index is 1.23. The number of para-hydroxylation sites is 4. The van der Waals surface area contributed by atoms with Crippen LogP contribution in [0.1, 0.15) is 16.3 Å². The summed E-state index contributed by atoms with van der Waals surface area (Å²) in [5, 5.41) is 2.79. The van der Waals surface area contributed by atoms with Crippen LogP contribution in [-0.2, 0) is 6.61 Å². The van der Waals surface area contributed by atoms with Crippen LogP contribution in [0.5, 0.6) is 11.5 Å². The number of aromatic nitrogens is 3. The second-order valence-corrected chi connectivity index (χ2v) is 7.17. The Morgan fingerprint density at radius 1 is 0.970 bits per heavy atom. The third kappa shape index (κ3) is 4.27. The number of nitrogens with one attached hydrogen (secondary N) is 1. The van der Waals surface area contributed by atoms with Gasteiger partial charge in [0.2, 0.25) is 0 Å². The molecule has 0 fully saturated rings. The van der Waals surface area contributed by atoms with Crippen molar-refractivity contribution in [1.29, 1.82) is 0 Å². The average molecular weight is 440 g/mol. The van der Waals surface area contributed by atoms with Gasteiger partial charge in [0.25, 0.3) is 5.91 Å². The molecule has 8 heteroatoms. The molecule has 0 bridgehead atoms. The number of hydrogen-bond acceptors (Lipinski definition) is 6. The summed E-state index contributed by atoms with van der Waals surface area (Å²) in [5.41, 5.74) is 2.40. The number of amides is 1. The zero-order valence-corrected chi connectivity index (χ0v) is 17.8. The van der Waals surface area contributed by atoms with E-state index in [2.05, 4.69) is 15.3 Å². The maximum Gasteiger partial charge on any atom is 0.291 e. The molecule has 0 saturated heterocycles. The fourth-order valence-electron chi connectivity index (χ4n) is 3.40. The summed E-state index contributed by atoms with van der Waals surface area (Å²) in [7, 11) is 1.58. The molecule has 0 saturated carbocycles. The molecule has 1 amide bonds. The van der Waals surface area contributed by atoms with Crippen molar-refractivity contribution < 1.29 is 18.7 Å². The van der Waals surface area contributed by atoms with E-state index in [1.165, 1.54) is 0 Å². The second-order valence-electron chi connectivity index (χ2n) is 7.17. The van der Waals surface area contributed by atoms with E-state index in [4.69, 9.17) is 13.9 Å². The monoisotopic (exact) mass is 440 g/mol. The fourth-order valence-corrected chi connectivity index (χ4v) is 3.40. The minimum absolute atomic E-state index is 0.169. The lowest BCUT2D eigenvalue weighted by Crippen LogP contribution is -2.11. The van der Waals surface area contributed by atoms with Crippen molar-refractivity contribution in [3.63, 3.8) is 0 Å². The number of hydrogen-bond donors (Lipinski definition) is 1. The van der Waals surface area contributed by atoms with E-state index in [0.717, 1.165) is 11.0 Å². The highest BCUT2D eigenvalue weighted by atomic mass is 16.5. The number of furan rings is 1. The zero-order chi connectivity index (χ0) is 22.6. The number of carbonyl (C=O) groups is 1. The van der Waals surface area contributed by atoms with Crippen LogP contribution in [0.2, 0.25) is 0 Å². The topological polar surface area (TPSA) is 91.4 Å². The fraction of sp³-hybridized carbons (Fsp3) is 0.0800. The van der Waals surface area contributed by atoms with Crippen LogP contribution in [0.25, 0.3) is 16.9 Å². The first-order valence-electron chi connectivity index (χ1n) is 10.3. The molecule has 0 spiro atoms. The summed E-state index contributed by atoms with van der Waals surface area (Å²) in [6.45, 7) is 0.169. The van der Waals surface area contributed by atoms with Gasteiger partial charge in [-0.15, -0.1) is 0 Å². The molecule has 1 N–H and O–H groups in total. The number of methoxy groups -OCH3 is 1. The number of benzene rings is 2. The highest BCUT2D eigenvalue weighted by Gasteiger charge is 2.13. The number of fused-ring (bicyclic) bond motifs is 1. The predicted molar refractivity (Wildman–Crippen MR) is 123 cm³/mol. The number of rotatable bonds is 7. The van der Waals surface area contributed by atoms with Gasteiger partial charge in [-0.2, -0.15) is 0 Å². The Kier molecular flexibility index (Phi) is 5.47. The van der Waals surface area contributed by atoms with Gasteiger partial charge in [-0.1, -0.05) is 24.3 Å². The van der Waals surface area contributed by atoms with Crippen LogP contribution in [0.3, 0.4) is 0 Å². The number of anilines is 1. The maximum atomic E-state index is 12.6. The molecule has 3 heterocycles. The van der Waals surface area contributed by atoms with Crippen molar-refractivity contribution >= 4 is 22.6 Å². The molecule has 8 nitrogen and oxygen atoms in total. The zero-order valence-electron chi connectivity index (χ0n) is 17.8. The molecule has 0 unspecified atom stereocenters. The first-order valence-corrected chi connectivity index (χ1v) is 10.3. The average Bonchev–Trinajstić information content (AvgIpc) is 3.51. The van der Waals surface area contributed by atoms with Crippen molar-refractivity contribution in [3.05, 3.63) is 96.8 Å². The van der Waals surface area contributed by atoms with Gasteiger partial charge in [-0.3, -0.25) is 9.36 Å². The molecule has 2 aromatic carbocycles. The standard InChI is InChI=1S/C25H20N4O4/c1-31-21-8-4-5-9-22(21)32-15-18-11-12-23(33-18)25(30)28-17-10-13-24(26-14-17)29-16-27-19-6-2-3-7-20(19)29/h2-14,16H,15H2,1H3,(H,28,30). The summed E-state index contributed by atoms with van der Waals surface area (Å²) in [4.78, 5) is 21.4. The number of imidazole rings is 1. The first-order chi connectivity index (χ1) is 16.2. The SMILES string of the molecule is COc1ccccc1OCc1ccc(C(=O)Nc2ccc(-n3cnc4ccccc43)nc2)o1. The van der Waals surface area contributed by atoms with Gasteiger partial charge < -0.3 is 19.2 Å². The smallest absolute Gasteiger partial charge is 0.291 e. The lowest BCUT2D eigenvalue weighted by molar-refractivity contribution is 0.0992. The third-order valence-corrected chi connectivity index (χ3v) is 5.03. The molecule has 0 aliphatic rings. The number of pyridine rings is 1. The van der Waals surface area contributed by atoms with E-state index in [-0.39, 0.29) is 18.3 Å². The van der Waals surface area contributed by atoms with Gasteiger partial charge in [0.15, 0.2) is 17.3 Å². The van der Waals surface area contributed by atoms with E-state index in [0.29, 0.717) is 28.8 Å². The van der Waals surface area contributed by atoms with E-state index in [1.807, 2.05) is 53.1 Å². The summed E-state index contributed by atoms with van der Waals surface area (Å²) in [6, 6.07) is 22.1.